The second kappa shape index (κ2) is 4.97. The van der Waals surface area contributed by atoms with Gasteiger partial charge in [-0.3, -0.25) is 4.98 Å². The number of nitrogens with zero attached hydrogens (tertiary/aromatic N) is 1. The van der Waals surface area contributed by atoms with E-state index in [1.165, 1.54) is 22.1 Å². The van der Waals surface area contributed by atoms with Gasteiger partial charge in [0.05, 0.1) is 5.52 Å². The molecule has 1 aliphatic rings. The molecule has 2 aromatic carbocycles. The fraction of sp³-hybridized carbons (Fsp3) is 0.211. The maximum atomic E-state index is 6.50. The van der Waals surface area contributed by atoms with Crippen molar-refractivity contribution in [2.24, 2.45) is 5.73 Å². The van der Waals surface area contributed by atoms with Gasteiger partial charge in [0.1, 0.15) is 0 Å². The van der Waals surface area contributed by atoms with Gasteiger partial charge in [0.15, 0.2) is 0 Å². The highest BCUT2D eigenvalue weighted by Crippen LogP contribution is 2.40. The van der Waals surface area contributed by atoms with Crippen LogP contribution in [0.15, 0.2) is 60.8 Å². The van der Waals surface area contributed by atoms with Crippen LogP contribution in [-0.4, -0.2) is 4.98 Å². The maximum absolute atomic E-state index is 6.50. The summed E-state index contributed by atoms with van der Waals surface area (Å²) in [6, 6.07) is 19.1. The van der Waals surface area contributed by atoms with Crippen LogP contribution >= 0.6 is 0 Å². The van der Waals surface area contributed by atoms with E-state index in [4.69, 9.17) is 5.73 Å². The molecular weight excluding hydrogens is 256 g/mol. The quantitative estimate of drug-likeness (QED) is 0.785. The average molecular weight is 274 g/mol. The minimum absolute atomic E-state index is 0.0660. The van der Waals surface area contributed by atoms with E-state index >= 15 is 0 Å². The fourth-order valence-electron chi connectivity index (χ4n) is 3.45. The molecule has 3 aromatic rings. The minimum Gasteiger partial charge on any atom is -0.324 e. The van der Waals surface area contributed by atoms with Crippen LogP contribution in [-0.2, 0) is 6.42 Å². The van der Waals surface area contributed by atoms with Gasteiger partial charge in [-0.2, -0.15) is 0 Å². The highest BCUT2D eigenvalue weighted by atomic mass is 14.7. The Morgan fingerprint density at radius 3 is 2.76 bits per heavy atom. The Morgan fingerprint density at radius 2 is 1.86 bits per heavy atom. The zero-order valence-corrected chi connectivity index (χ0v) is 11.9. The zero-order valence-electron chi connectivity index (χ0n) is 11.9. The summed E-state index contributed by atoms with van der Waals surface area (Å²) in [7, 11) is 0. The van der Waals surface area contributed by atoms with Gasteiger partial charge < -0.3 is 5.73 Å². The molecule has 1 aromatic heterocycles. The van der Waals surface area contributed by atoms with E-state index < -0.39 is 0 Å². The fourth-order valence-corrected chi connectivity index (χ4v) is 3.45. The molecule has 2 N–H and O–H groups in total. The lowest BCUT2D eigenvalue weighted by molar-refractivity contribution is 0.500. The van der Waals surface area contributed by atoms with Gasteiger partial charge in [-0.1, -0.05) is 42.5 Å². The van der Waals surface area contributed by atoms with Crippen molar-refractivity contribution in [3.63, 3.8) is 0 Å². The molecule has 0 amide bonds. The first-order chi connectivity index (χ1) is 10.3. The first kappa shape index (κ1) is 12.5. The molecule has 2 heteroatoms. The second-order valence-electron chi connectivity index (χ2n) is 5.86. The number of para-hydroxylation sites is 1. The van der Waals surface area contributed by atoms with Gasteiger partial charge in [-0.05, 0) is 47.6 Å². The third kappa shape index (κ3) is 2.12. The van der Waals surface area contributed by atoms with Gasteiger partial charge in [0, 0.05) is 17.6 Å². The molecule has 0 radical (unpaired) electrons. The smallest absolute Gasteiger partial charge is 0.0705 e. The normalized spacial score (nSPS) is 18.0. The summed E-state index contributed by atoms with van der Waals surface area (Å²) in [4.78, 5) is 4.42. The predicted molar refractivity (Wildman–Crippen MR) is 86.2 cm³/mol. The summed E-state index contributed by atoms with van der Waals surface area (Å²) >= 11 is 0. The van der Waals surface area contributed by atoms with Crippen LogP contribution in [0.1, 0.15) is 35.1 Å². The van der Waals surface area contributed by atoms with Crippen LogP contribution in [0, 0.1) is 0 Å². The molecule has 2 atom stereocenters. The molecule has 0 fully saturated rings. The number of fused-ring (bicyclic) bond motifs is 2. The molecule has 0 saturated carbocycles. The molecular formula is C19H18N2. The van der Waals surface area contributed by atoms with Crippen molar-refractivity contribution in [1.82, 2.24) is 4.98 Å². The molecule has 1 heterocycles. The van der Waals surface area contributed by atoms with Gasteiger partial charge >= 0.3 is 0 Å². The van der Waals surface area contributed by atoms with Crippen molar-refractivity contribution in [3.05, 3.63) is 77.5 Å². The number of benzene rings is 2. The van der Waals surface area contributed by atoms with Gasteiger partial charge in [0.25, 0.3) is 0 Å². The second-order valence-corrected chi connectivity index (χ2v) is 5.86. The molecule has 104 valence electrons. The van der Waals surface area contributed by atoms with E-state index in [1.807, 2.05) is 18.3 Å². The molecule has 2 unspecified atom stereocenters. The van der Waals surface area contributed by atoms with Gasteiger partial charge in [-0.25, -0.2) is 0 Å². The van der Waals surface area contributed by atoms with Gasteiger partial charge in [0.2, 0.25) is 0 Å². The maximum Gasteiger partial charge on any atom is 0.0705 e. The van der Waals surface area contributed by atoms with Crippen LogP contribution < -0.4 is 5.73 Å². The highest BCUT2D eigenvalue weighted by Gasteiger charge is 2.27. The summed E-state index contributed by atoms with van der Waals surface area (Å²) < 4.78 is 0. The van der Waals surface area contributed by atoms with Crippen LogP contribution in [0.5, 0.6) is 0 Å². The largest absolute Gasteiger partial charge is 0.324 e. The van der Waals surface area contributed by atoms with Crippen LogP contribution in [0.25, 0.3) is 10.9 Å². The number of rotatable bonds is 3. The lowest BCUT2D eigenvalue weighted by Gasteiger charge is -2.32. The SMILES string of the molecule is NC(CC1Cc2ccccc21)c1ccnc2ccccc12. The number of aromatic nitrogens is 1. The summed E-state index contributed by atoms with van der Waals surface area (Å²) in [5.74, 6) is 0.600. The molecule has 0 bridgehead atoms. The van der Waals surface area contributed by atoms with E-state index in [-0.39, 0.29) is 6.04 Å². The predicted octanol–water partition coefficient (Wildman–Crippen LogP) is 3.96. The van der Waals surface area contributed by atoms with Gasteiger partial charge in [-0.15, -0.1) is 0 Å². The summed E-state index contributed by atoms with van der Waals surface area (Å²) in [5, 5.41) is 1.18. The number of nitrogens with two attached hydrogens (primary N) is 1. The average Bonchev–Trinajstić information content (AvgIpc) is 2.52. The molecule has 2 nitrogen and oxygen atoms in total. The van der Waals surface area contributed by atoms with Crippen LogP contribution in [0.2, 0.25) is 0 Å². The Kier molecular flexibility index (Phi) is 2.97. The third-order valence-electron chi connectivity index (χ3n) is 4.58. The lowest BCUT2D eigenvalue weighted by Crippen LogP contribution is -2.23. The summed E-state index contributed by atoms with van der Waals surface area (Å²) in [6.45, 7) is 0. The zero-order chi connectivity index (χ0) is 14.2. The van der Waals surface area contributed by atoms with Crippen molar-refractivity contribution in [1.29, 1.82) is 0 Å². The van der Waals surface area contributed by atoms with Crippen LogP contribution in [0.3, 0.4) is 0 Å². The minimum atomic E-state index is 0.0660. The first-order valence-corrected chi connectivity index (χ1v) is 7.50. The Bertz CT molecular complexity index is 789. The monoisotopic (exact) mass is 274 g/mol. The highest BCUT2D eigenvalue weighted by molar-refractivity contribution is 5.82. The van der Waals surface area contributed by atoms with E-state index in [0.29, 0.717) is 5.92 Å². The third-order valence-corrected chi connectivity index (χ3v) is 4.58. The standard InChI is InChI=1S/C19H18N2/c20-18(12-14-11-13-5-1-2-6-15(13)14)16-9-10-21-19-8-4-3-7-17(16)19/h1-10,14,18H,11-12,20H2. The molecule has 0 saturated heterocycles. The molecule has 21 heavy (non-hydrogen) atoms. The number of hydrogen-bond acceptors (Lipinski definition) is 2. The Hall–Kier alpha value is -2.19. The van der Waals surface area contributed by atoms with E-state index in [1.54, 1.807) is 0 Å². The van der Waals surface area contributed by atoms with Crippen molar-refractivity contribution in [3.8, 4) is 0 Å². The summed E-state index contributed by atoms with van der Waals surface area (Å²) in [5.41, 5.74) is 11.7. The van der Waals surface area contributed by atoms with Crippen molar-refractivity contribution in [2.75, 3.05) is 0 Å². The van der Waals surface area contributed by atoms with E-state index in [9.17, 15) is 0 Å². The first-order valence-electron chi connectivity index (χ1n) is 7.50. The van der Waals surface area contributed by atoms with E-state index in [0.717, 1.165) is 18.4 Å². The molecule has 1 aliphatic carbocycles. The lowest BCUT2D eigenvalue weighted by atomic mass is 9.74. The molecule has 4 rings (SSSR count). The molecule has 0 spiro atoms. The van der Waals surface area contributed by atoms with Crippen molar-refractivity contribution < 1.29 is 0 Å². The van der Waals surface area contributed by atoms with Crippen molar-refractivity contribution >= 4 is 10.9 Å². The van der Waals surface area contributed by atoms with E-state index in [2.05, 4.69) is 47.4 Å². The topological polar surface area (TPSA) is 38.9 Å². The Balaban J connectivity index is 1.62. The summed E-state index contributed by atoms with van der Waals surface area (Å²) in [6.07, 6.45) is 4.03. The van der Waals surface area contributed by atoms with Crippen LogP contribution in [0.4, 0.5) is 0 Å². The van der Waals surface area contributed by atoms with Crippen molar-refractivity contribution in [2.45, 2.75) is 24.8 Å². The Labute approximate surface area is 124 Å². The molecule has 0 aliphatic heterocycles. The Morgan fingerprint density at radius 1 is 1.05 bits per heavy atom. The number of hydrogen-bond donors (Lipinski definition) is 1. The number of pyridine rings is 1.